The Morgan fingerprint density at radius 1 is 0.591 bits per heavy atom. The normalized spacial score (nSPS) is 13.1. The van der Waals surface area contributed by atoms with Gasteiger partial charge < -0.3 is 0 Å². The van der Waals surface area contributed by atoms with E-state index in [9.17, 15) is 0 Å². The molecule has 22 heavy (non-hydrogen) atoms. The summed E-state index contributed by atoms with van der Waals surface area (Å²) in [6.07, 6.45) is 28.0. The first-order valence-corrected chi connectivity index (χ1v) is 9.51. The van der Waals surface area contributed by atoms with Crippen LogP contribution < -0.4 is 0 Å². The van der Waals surface area contributed by atoms with Gasteiger partial charge in [-0.05, 0) is 50.4 Å². The number of hydrogen-bond acceptors (Lipinski definition) is 0. The van der Waals surface area contributed by atoms with Crippen LogP contribution in [0.25, 0.3) is 0 Å². The summed E-state index contributed by atoms with van der Waals surface area (Å²) in [5.41, 5.74) is 0.505. The number of hydrogen-bond donors (Lipinski definition) is 0. The second-order valence-corrected chi connectivity index (χ2v) is 7.54. The molecule has 0 atom stereocenters. The molecular formula is C22H40. The first-order valence-electron chi connectivity index (χ1n) is 9.51. The zero-order valence-corrected chi connectivity index (χ0v) is 15.7. The fraction of sp³-hybridized carbons (Fsp3) is 0.727. The lowest BCUT2D eigenvalue weighted by Crippen LogP contribution is -2.03. The summed E-state index contributed by atoms with van der Waals surface area (Å²) in [5, 5.41) is 0. The molecule has 0 aromatic heterocycles. The van der Waals surface area contributed by atoms with E-state index in [1.165, 1.54) is 57.8 Å². The fourth-order valence-corrected chi connectivity index (χ4v) is 2.38. The predicted octanol–water partition coefficient (Wildman–Crippen LogP) is 8.01. The van der Waals surface area contributed by atoms with E-state index in [1.807, 2.05) is 0 Å². The molecule has 0 heterocycles. The summed E-state index contributed by atoms with van der Waals surface area (Å²) in [6.45, 7) is 9.25. The van der Waals surface area contributed by atoms with Gasteiger partial charge in [0.1, 0.15) is 0 Å². The van der Waals surface area contributed by atoms with E-state index in [-0.39, 0.29) is 0 Å². The molecule has 128 valence electrons. The molecule has 0 aliphatic rings. The molecular weight excluding hydrogens is 264 g/mol. The summed E-state index contributed by atoms with van der Waals surface area (Å²) in [6, 6.07) is 0. The topological polar surface area (TPSA) is 0 Å². The zero-order chi connectivity index (χ0) is 16.5. The minimum atomic E-state index is 0.505. The molecule has 0 saturated carbocycles. The Bertz CT molecular complexity index is 298. The predicted molar refractivity (Wildman–Crippen MR) is 103 cm³/mol. The summed E-state index contributed by atoms with van der Waals surface area (Å²) in [4.78, 5) is 0. The molecule has 0 heteroatoms. The summed E-state index contributed by atoms with van der Waals surface area (Å²) < 4.78 is 0. The van der Waals surface area contributed by atoms with Crippen LogP contribution in [0, 0.1) is 5.41 Å². The lowest BCUT2D eigenvalue weighted by atomic mass is 9.89. The van der Waals surface area contributed by atoms with Crippen LogP contribution in [0.2, 0.25) is 0 Å². The van der Waals surface area contributed by atoms with Gasteiger partial charge in [0, 0.05) is 0 Å². The van der Waals surface area contributed by atoms with Gasteiger partial charge in [0.15, 0.2) is 0 Å². The third-order valence-electron chi connectivity index (χ3n) is 3.82. The van der Waals surface area contributed by atoms with Crippen LogP contribution in [0.4, 0.5) is 0 Å². The van der Waals surface area contributed by atoms with Gasteiger partial charge in [0.25, 0.3) is 0 Å². The first kappa shape index (κ1) is 21.2. The van der Waals surface area contributed by atoms with Gasteiger partial charge >= 0.3 is 0 Å². The Hall–Kier alpha value is -0.780. The maximum atomic E-state index is 2.35. The molecule has 0 aliphatic carbocycles. The standard InChI is InChI=1S/C22H40/c1-5-6-7-8-9-10-11-12-13-14-15-16-17-18-19-20-21-22(2,3)4/h9-10,12-13,15-16H,5-8,11,14,17-21H2,1-4H3/b10-9+,13-12+,16-15+. The largest absolute Gasteiger partial charge is 0.0882 e. The molecule has 0 unspecified atom stereocenters. The maximum Gasteiger partial charge on any atom is -0.0169 e. The van der Waals surface area contributed by atoms with Crippen molar-refractivity contribution in [3.05, 3.63) is 36.5 Å². The van der Waals surface area contributed by atoms with Crippen molar-refractivity contribution in [1.82, 2.24) is 0 Å². The molecule has 0 rings (SSSR count). The molecule has 0 radical (unpaired) electrons. The molecule has 0 spiro atoms. The lowest BCUT2D eigenvalue weighted by Gasteiger charge is -2.17. The van der Waals surface area contributed by atoms with Crippen LogP contribution in [0.1, 0.15) is 98.3 Å². The molecule has 0 amide bonds. The Morgan fingerprint density at radius 3 is 1.59 bits per heavy atom. The number of unbranched alkanes of at least 4 members (excludes halogenated alkanes) is 6. The smallest absolute Gasteiger partial charge is 0.0169 e. The van der Waals surface area contributed by atoms with Crippen molar-refractivity contribution in [3.8, 4) is 0 Å². The fourth-order valence-electron chi connectivity index (χ4n) is 2.38. The molecule has 0 aromatic rings. The molecule has 0 nitrogen and oxygen atoms in total. The highest BCUT2D eigenvalue weighted by atomic mass is 14.1. The maximum absolute atomic E-state index is 2.35. The second kappa shape index (κ2) is 15.1. The summed E-state index contributed by atoms with van der Waals surface area (Å²) >= 11 is 0. The number of allylic oxidation sites excluding steroid dienone is 6. The third kappa shape index (κ3) is 19.2. The molecule has 0 saturated heterocycles. The SMILES string of the molecule is CCCCC/C=C/C/C=C/C/C=C/CCCCCC(C)(C)C. The van der Waals surface area contributed by atoms with Crippen LogP contribution in [-0.2, 0) is 0 Å². The van der Waals surface area contributed by atoms with Crippen molar-refractivity contribution in [3.63, 3.8) is 0 Å². The van der Waals surface area contributed by atoms with Crippen molar-refractivity contribution in [2.45, 2.75) is 98.3 Å². The zero-order valence-electron chi connectivity index (χ0n) is 15.7. The summed E-state index contributed by atoms with van der Waals surface area (Å²) in [5.74, 6) is 0. The van der Waals surface area contributed by atoms with E-state index in [4.69, 9.17) is 0 Å². The minimum absolute atomic E-state index is 0.505. The van der Waals surface area contributed by atoms with Gasteiger partial charge in [0.2, 0.25) is 0 Å². The lowest BCUT2D eigenvalue weighted by molar-refractivity contribution is 0.358. The van der Waals surface area contributed by atoms with Crippen molar-refractivity contribution in [1.29, 1.82) is 0 Å². The van der Waals surface area contributed by atoms with Crippen molar-refractivity contribution >= 4 is 0 Å². The average Bonchev–Trinajstić information content (AvgIpc) is 2.45. The molecule has 0 aromatic carbocycles. The highest BCUT2D eigenvalue weighted by molar-refractivity contribution is 4.97. The van der Waals surface area contributed by atoms with Crippen molar-refractivity contribution in [2.75, 3.05) is 0 Å². The molecule has 0 aliphatic heterocycles. The van der Waals surface area contributed by atoms with E-state index in [2.05, 4.69) is 64.2 Å². The quantitative estimate of drug-likeness (QED) is 0.239. The van der Waals surface area contributed by atoms with Crippen LogP contribution in [0.15, 0.2) is 36.5 Å². The summed E-state index contributed by atoms with van der Waals surface area (Å²) in [7, 11) is 0. The van der Waals surface area contributed by atoms with Gasteiger partial charge in [-0.25, -0.2) is 0 Å². The number of rotatable bonds is 13. The molecule has 0 fully saturated rings. The second-order valence-electron chi connectivity index (χ2n) is 7.54. The van der Waals surface area contributed by atoms with Crippen molar-refractivity contribution < 1.29 is 0 Å². The monoisotopic (exact) mass is 304 g/mol. The van der Waals surface area contributed by atoms with Gasteiger partial charge in [-0.1, -0.05) is 89.8 Å². The Kier molecular flexibility index (Phi) is 14.6. The van der Waals surface area contributed by atoms with Crippen LogP contribution >= 0.6 is 0 Å². The van der Waals surface area contributed by atoms with Crippen LogP contribution in [0.5, 0.6) is 0 Å². The van der Waals surface area contributed by atoms with Crippen LogP contribution in [0.3, 0.4) is 0 Å². The first-order chi connectivity index (χ1) is 10.6. The molecule has 0 bridgehead atoms. The highest BCUT2D eigenvalue weighted by Gasteiger charge is 2.08. The van der Waals surface area contributed by atoms with E-state index >= 15 is 0 Å². The van der Waals surface area contributed by atoms with E-state index < -0.39 is 0 Å². The average molecular weight is 305 g/mol. The Labute approximate surface area is 140 Å². The minimum Gasteiger partial charge on any atom is -0.0882 e. The van der Waals surface area contributed by atoms with Gasteiger partial charge in [-0.2, -0.15) is 0 Å². The van der Waals surface area contributed by atoms with Gasteiger partial charge in [-0.15, -0.1) is 0 Å². The highest BCUT2D eigenvalue weighted by Crippen LogP contribution is 2.22. The molecule has 0 N–H and O–H groups in total. The Morgan fingerprint density at radius 2 is 1.09 bits per heavy atom. The third-order valence-corrected chi connectivity index (χ3v) is 3.82. The van der Waals surface area contributed by atoms with E-state index in [0.29, 0.717) is 5.41 Å². The van der Waals surface area contributed by atoms with Crippen LogP contribution in [-0.4, -0.2) is 0 Å². The van der Waals surface area contributed by atoms with Gasteiger partial charge in [0.05, 0.1) is 0 Å². The Balaban J connectivity index is 3.34. The van der Waals surface area contributed by atoms with E-state index in [0.717, 1.165) is 12.8 Å². The van der Waals surface area contributed by atoms with E-state index in [1.54, 1.807) is 0 Å². The van der Waals surface area contributed by atoms with Gasteiger partial charge in [-0.3, -0.25) is 0 Å². The van der Waals surface area contributed by atoms with Crippen molar-refractivity contribution in [2.24, 2.45) is 5.41 Å².